The van der Waals surface area contributed by atoms with Gasteiger partial charge in [-0.2, -0.15) is 0 Å². The minimum Gasteiger partial charge on any atom is -0.425 e. The first-order valence-corrected chi connectivity index (χ1v) is 6.96. The first kappa shape index (κ1) is 15.1. The lowest BCUT2D eigenvalue weighted by molar-refractivity contribution is 0.133. The van der Waals surface area contributed by atoms with Crippen LogP contribution in [0.1, 0.15) is 44.9 Å². The van der Waals surface area contributed by atoms with E-state index in [4.69, 9.17) is 9.15 Å². The number of hydrogen-bond donors (Lipinski definition) is 1. The van der Waals surface area contributed by atoms with Crippen LogP contribution < -0.4 is 5.32 Å². The SMILES string of the molecule is CCCNCCCc1nnc(CCOCCC)o1. The number of aryl methyl sites for hydroxylation is 1. The third-order valence-corrected chi connectivity index (χ3v) is 2.49. The van der Waals surface area contributed by atoms with Gasteiger partial charge in [0.25, 0.3) is 0 Å². The molecule has 1 aromatic rings. The molecule has 1 rings (SSSR count). The highest BCUT2D eigenvalue weighted by molar-refractivity contribution is 4.82. The second-order valence-corrected chi connectivity index (χ2v) is 4.31. The van der Waals surface area contributed by atoms with Crippen LogP contribution in [0.4, 0.5) is 0 Å². The molecule has 0 bridgehead atoms. The molecule has 1 heterocycles. The molecule has 0 amide bonds. The molecule has 0 fully saturated rings. The molecule has 0 saturated heterocycles. The zero-order chi connectivity index (χ0) is 13.1. The molecule has 0 radical (unpaired) electrons. The highest BCUT2D eigenvalue weighted by atomic mass is 16.5. The molecule has 0 aliphatic rings. The first-order valence-electron chi connectivity index (χ1n) is 6.96. The molecule has 0 spiro atoms. The Morgan fingerprint density at radius 1 is 1.00 bits per heavy atom. The van der Waals surface area contributed by atoms with Gasteiger partial charge in [0.1, 0.15) is 0 Å². The summed E-state index contributed by atoms with van der Waals surface area (Å²) in [5, 5.41) is 11.4. The maximum absolute atomic E-state index is 5.54. The summed E-state index contributed by atoms with van der Waals surface area (Å²) < 4.78 is 10.9. The molecule has 5 heteroatoms. The monoisotopic (exact) mass is 255 g/mol. The van der Waals surface area contributed by atoms with Crippen LogP contribution in [0, 0.1) is 0 Å². The van der Waals surface area contributed by atoms with Crippen molar-refractivity contribution >= 4 is 0 Å². The van der Waals surface area contributed by atoms with Crippen molar-refractivity contribution in [2.45, 2.75) is 46.0 Å². The molecule has 5 nitrogen and oxygen atoms in total. The van der Waals surface area contributed by atoms with Crippen LogP contribution in [0.15, 0.2) is 4.42 Å². The van der Waals surface area contributed by atoms with E-state index in [0.717, 1.165) is 44.8 Å². The molecule has 1 aromatic heterocycles. The zero-order valence-electron chi connectivity index (χ0n) is 11.6. The van der Waals surface area contributed by atoms with E-state index in [2.05, 4.69) is 29.4 Å². The number of rotatable bonds is 11. The molecular weight excluding hydrogens is 230 g/mol. The number of aromatic nitrogens is 2. The van der Waals surface area contributed by atoms with E-state index in [0.29, 0.717) is 18.9 Å². The molecule has 0 unspecified atom stereocenters. The lowest BCUT2D eigenvalue weighted by atomic mass is 10.3. The van der Waals surface area contributed by atoms with Crippen LogP contribution in [0.3, 0.4) is 0 Å². The highest BCUT2D eigenvalue weighted by Crippen LogP contribution is 2.03. The Bertz CT molecular complexity index is 302. The van der Waals surface area contributed by atoms with Crippen LogP contribution in [0.25, 0.3) is 0 Å². The number of hydrogen-bond acceptors (Lipinski definition) is 5. The fraction of sp³-hybridized carbons (Fsp3) is 0.846. The fourth-order valence-electron chi connectivity index (χ4n) is 1.56. The van der Waals surface area contributed by atoms with Crippen molar-refractivity contribution < 1.29 is 9.15 Å². The lowest BCUT2D eigenvalue weighted by Gasteiger charge is -2.00. The van der Waals surface area contributed by atoms with Crippen molar-refractivity contribution in [1.82, 2.24) is 15.5 Å². The molecule has 0 saturated carbocycles. The molecule has 104 valence electrons. The van der Waals surface area contributed by atoms with Gasteiger partial charge in [-0.05, 0) is 32.4 Å². The Kier molecular flexibility index (Phi) is 8.42. The summed E-state index contributed by atoms with van der Waals surface area (Å²) >= 11 is 0. The van der Waals surface area contributed by atoms with E-state index >= 15 is 0 Å². The molecule has 1 N–H and O–H groups in total. The molecule has 18 heavy (non-hydrogen) atoms. The predicted molar refractivity (Wildman–Crippen MR) is 70.6 cm³/mol. The standard InChI is InChI=1S/C13H25N3O2/c1-3-8-14-9-5-6-12-15-16-13(18-12)7-11-17-10-4-2/h14H,3-11H2,1-2H3. The summed E-state index contributed by atoms with van der Waals surface area (Å²) in [5.41, 5.74) is 0. The van der Waals surface area contributed by atoms with E-state index in [9.17, 15) is 0 Å². The van der Waals surface area contributed by atoms with Gasteiger partial charge in [0.05, 0.1) is 6.61 Å². The molecule has 0 aliphatic carbocycles. The first-order chi connectivity index (χ1) is 8.86. The Morgan fingerprint density at radius 2 is 1.78 bits per heavy atom. The number of ether oxygens (including phenoxy) is 1. The van der Waals surface area contributed by atoms with Crippen molar-refractivity contribution in [2.24, 2.45) is 0 Å². The second-order valence-electron chi connectivity index (χ2n) is 4.31. The van der Waals surface area contributed by atoms with Gasteiger partial charge in [-0.1, -0.05) is 13.8 Å². The van der Waals surface area contributed by atoms with Gasteiger partial charge >= 0.3 is 0 Å². The molecule has 0 aliphatic heterocycles. The van der Waals surface area contributed by atoms with Gasteiger partial charge in [0.2, 0.25) is 11.8 Å². The van der Waals surface area contributed by atoms with E-state index in [1.165, 1.54) is 6.42 Å². The largest absolute Gasteiger partial charge is 0.425 e. The van der Waals surface area contributed by atoms with Crippen LogP contribution >= 0.6 is 0 Å². The van der Waals surface area contributed by atoms with Crippen molar-refractivity contribution in [1.29, 1.82) is 0 Å². The number of nitrogens with one attached hydrogen (secondary N) is 1. The smallest absolute Gasteiger partial charge is 0.218 e. The highest BCUT2D eigenvalue weighted by Gasteiger charge is 2.05. The van der Waals surface area contributed by atoms with E-state index in [1.807, 2.05) is 0 Å². The maximum Gasteiger partial charge on any atom is 0.218 e. The average molecular weight is 255 g/mol. The van der Waals surface area contributed by atoms with Crippen LogP contribution in [0.5, 0.6) is 0 Å². The molecule has 0 atom stereocenters. The fourth-order valence-corrected chi connectivity index (χ4v) is 1.56. The van der Waals surface area contributed by atoms with E-state index < -0.39 is 0 Å². The van der Waals surface area contributed by atoms with Gasteiger partial charge in [-0.25, -0.2) is 0 Å². The van der Waals surface area contributed by atoms with Crippen LogP contribution in [-0.2, 0) is 17.6 Å². The summed E-state index contributed by atoms with van der Waals surface area (Å²) in [4.78, 5) is 0. The third-order valence-electron chi connectivity index (χ3n) is 2.49. The quantitative estimate of drug-likeness (QED) is 0.613. The Labute approximate surface area is 109 Å². The predicted octanol–water partition coefficient (Wildman–Crippen LogP) is 1.97. The number of nitrogens with zero attached hydrogens (tertiary/aromatic N) is 2. The summed E-state index contributed by atoms with van der Waals surface area (Å²) in [7, 11) is 0. The van der Waals surface area contributed by atoms with Crippen molar-refractivity contribution in [3.8, 4) is 0 Å². The van der Waals surface area contributed by atoms with Gasteiger partial charge in [-0.15, -0.1) is 10.2 Å². The summed E-state index contributed by atoms with van der Waals surface area (Å²) in [6, 6.07) is 0. The third kappa shape index (κ3) is 6.71. The zero-order valence-corrected chi connectivity index (χ0v) is 11.6. The summed E-state index contributed by atoms with van der Waals surface area (Å²) in [5.74, 6) is 1.42. The minimum absolute atomic E-state index is 0.660. The Hall–Kier alpha value is -0.940. The summed E-state index contributed by atoms with van der Waals surface area (Å²) in [6.07, 6.45) is 4.80. The topological polar surface area (TPSA) is 60.2 Å². The summed E-state index contributed by atoms with van der Waals surface area (Å²) in [6.45, 7) is 7.79. The van der Waals surface area contributed by atoms with Gasteiger partial charge in [0.15, 0.2) is 0 Å². The van der Waals surface area contributed by atoms with Crippen molar-refractivity contribution in [3.05, 3.63) is 11.8 Å². The normalized spacial score (nSPS) is 11.0. The van der Waals surface area contributed by atoms with Gasteiger partial charge in [-0.3, -0.25) is 0 Å². The molecular formula is C13H25N3O2. The van der Waals surface area contributed by atoms with E-state index in [-0.39, 0.29) is 0 Å². The van der Waals surface area contributed by atoms with E-state index in [1.54, 1.807) is 0 Å². The van der Waals surface area contributed by atoms with Crippen LogP contribution in [-0.4, -0.2) is 36.5 Å². The van der Waals surface area contributed by atoms with Gasteiger partial charge in [0, 0.05) is 19.4 Å². The average Bonchev–Trinajstić information content (AvgIpc) is 2.82. The lowest BCUT2D eigenvalue weighted by Crippen LogP contribution is -2.16. The van der Waals surface area contributed by atoms with Crippen LogP contribution in [0.2, 0.25) is 0 Å². The minimum atomic E-state index is 0.660. The Morgan fingerprint density at radius 3 is 2.50 bits per heavy atom. The van der Waals surface area contributed by atoms with Crippen molar-refractivity contribution in [3.63, 3.8) is 0 Å². The van der Waals surface area contributed by atoms with Gasteiger partial charge < -0.3 is 14.5 Å². The Balaban J connectivity index is 2.10. The molecule has 0 aromatic carbocycles. The second kappa shape index (κ2) is 10.0. The maximum atomic E-state index is 5.54. The van der Waals surface area contributed by atoms with Crippen molar-refractivity contribution in [2.75, 3.05) is 26.3 Å².